The number of rotatable bonds is 7. The van der Waals surface area contributed by atoms with Crippen LogP contribution < -0.4 is 0 Å². The zero-order chi connectivity index (χ0) is 14.5. The van der Waals surface area contributed by atoms with Crippen molar-refractivity contribution < 1.29 is 9.47 Å². The van der Waals surface area contributed by atoms with Gasteiger partial charge < -0.3 is 14.0 Å². The normalized spacial score (nSPS) is 23.6. The maximum absolute atomic E-state index is 5.50. The fraction of sp³-hybridized carbons (Fsp3) is 0.857. The van der Waals surface area contributed by atoms with Gasteiger partial charge in [0.1, 0.15) is 11.6 Å². The minimum atomic E-state index is 0.291. The zero-order valence-electron chi connectivity index (χ0n) is 13.0. The molecule has 1 aromatic heterocycles. The van der Waals surface area contributed by atoms with E-state index in [9.17, 15) is 0 Å². The highest BCUT2D eigenvalue weighted by Crippen LogP contribution is 2.22. The van der Waals surface area contributed by atoms with E-state index in [4.69, 9.17) is 9.47 Å². The SMILES string of the molecule is CCCn1c(C)nnc1CN1C[C@@H](OC)C[C@H]1COC. The summed E-state index contributed by atoms with van der Waals surface area (Å²) in [6.07, 6.45) is 2.40. The molecule has 0 aliphatic carbocycles. The van der Waals surface area contributed by atoms with Crippen LogP contribution in [-0.4, -0.2) is 59.2 Å². The number of hydrogen-bond donors (Lipinski definition) is 0. The molecule has 0 unspecified atom stereocenters. The molecule has 0 saturated carbocycles. The average Bonchev–Trinajstić information content (AvgIpc) is 2.98. The lowest BCUT2D eigenvalue weighted by Crippen LogP contribution is -2.33. The van der Waals surface area contributed by atoms with Crippen molar-refractivity contribution in [3.05, 3.63) is 11.6 Å². The number of methoxy groups -OCH3 is 2. The molecule has 6 heteroatoms. The molecule has 1 aromatic rings. The van der Waals surface area contributed by atoms with Crippen LogP contribution in [0.3, 0.4) is 0 Å². The lowest BCUT2D eigenvalue weighted by molar-refractivity contribution is 0.104. The fourth-order valence-electron chi connectivity index (χ4n) is 2.91. The molecule has 0 N–H and O–H groups in total. The minimum Gasteiger partial charge on any atom is -0.383 e. The van der Waals surface area contributed by atoms with Crippen LogP contribution in [0.5, 0.6) is 0 Å². The van der Waals surface area contributed by atoms with Crippen LogP contribution in [0.1, 0.15) is 31.4 Å². The Kier molecular flexibility index (Phi) is 5.51. The van der Waals surface area contributed by atoms with Crippen molar-refractivity contribution in [1.29, 1.82) is 0 Å². The first-order valence-electron chi connectivity index (χ1n) is 7.34. The Bertz CT molecular complexity index is 421. The van der Waals surface area contributed by atoms with E-state index in [-0.39, 0.29) is 0 Å². The first kappa shape index (κ1) is 15.4. The van der Waals surface area contributed by atoms with Crippen molar-refractivity contribution in [2.24, 2.45) is 0 Å². The van der Waals surface area contributed by atoms with Crippen LogP contribution in [0.15, 0.2) is 0 Å². The predicted octanol–water partition coefficient (Wildman–Crippen LogP) is 1.23. The van der Waals surface area contributed by atoms with E-state index in [0.29, 0.717) is 12.1 Å². The molecule has 0 aromatic carbocycles. The molecule has 0 bridgehead atoms. The molecule has 20 heavy (non-hydrogen) atoms. The molecule has 2 rings (SSSR count). The first-order valence-corrected chi connectivity index (χ1v) is 7.34. The Morgan fingerprint density at radius 2 is 2.10 bits per heavy atom. The van der Waals surface area contributed by atoms with E-state index < -0.39 is 0 Å². The van der Waals surface area contributed by atoms with Crippen LogP contribution in [0.4, 0.5) is 0 Å². The molecule has 1 aliphatic rings. The molecule has 1 saturated heterocycles. The van der Waals surface area contributed by atoms with Crippen LogP contribution in [0.25, 0.3) is 0 Å². The van der Waals surface area contributed by atoms with Gasteiger partial charge in [-0.2, -0.15) is 0 Å². The summed E-state index contributed by atoms with van der Waals surface area (Å²) in [7, 11) is 3.53. The summed E-state index contributed by atoms with van der Waals surface area (Å²) < 4.78 is 13.0. The molecule has 0 amide bonds. The summed E-state index contributed by atoms with van der Waals surface area (Å²) in [6.45, 7) is 7.65. The fourth-order valence-corrected chi connectivity index (χ4v) is 2.91. The van der Waals surface area contributed by atoms with Crippen LogP contribution >= 0.6 is 0 Å². The minimum absolute atomic E-state index is 0.291. The largest absolute Gasteiger partial charge is 0.383 e. The highest BCUT2D eigenvalue weighted by Gasteiger charge is 2.33. The van der Waals surface area contributed by atoms with E-state index in [2.05, 4.69) is 26.6 Å². The smallest absolute Gasteiger partial charge is 0.147 e. The lowest BCUT2D eigenvalue weighted by atomic mass is 10.2. The molecule has 114 valence electrons. The summed E-state index contributed by atoms with van der Waals surface area (Å²) in [5.74, 6) is 2.04. The number of nitrogens with zero attached hydrogens (tertiary/aromatic N) is 4. The third-order valence-corrected chi connectivity index (χ3v) is 3.99. The van der Waals surface area contributed by atoms with Crippen molar-refractivity contribution in [1.82, 2.24) is 19.7 Å². The predicted molar refractivity (Wildman–Crippen MR) is 76.5 cm³/mol. The van der Waals surface area contributed by atoms with Crippen LogP contribution in [0.2, 0.25) is 0 Å². The number of likely N-dealkylation sites (tertiary alicyclic amines) is 1. The summed E-state index contributed by atoms with van der Waals surface area (Å²) in [5, 5.41) is 8.54. The Morgan fingerprint density at radius 3 is 2.75 bits per heavy atom. The summed E-state index contributed by atoms with van der Waals surface area (Å²) in [4.78, 5) is 2.40. The summed E-state index contributed by atoms with van der Waals surface area (Å²) in [6, 6.07) is 0.400. The van der Waals surface area contributed by atoms with Gasteiger partial charge in [-0.1, -0.05) is 6.92 Å². The van der Waals surface area contributed by atoms with Crippen molar-refractivity contribution in [3.63, 3.8) is 0 Å². The lowest BCUT2D eigenvalue weighted by Gasteiger charge is -2.23. The Morgan fingerprint density at radius 1 is 1.30 bits per heavy atom. The summed E-state index contributed by atoms with van der Waals surface area (Å²) >= 11 is 0. The van der Waals surface area contributed by atoms with E-state index in [1.54, 1.807) is 14.2 Å². The number of ether oxygens (including phenoxy) is 2. The van der Waals surface area contributed by atoms with Gasteiger partial charge in [0.25, 0.3) is 0 Å². The molecule has 2 heterocycles. The van der Waals surface area contributed by atoms with Crippen LogP contribution in [0, 0.1) is 6.92 Å². The van der Waals surface area contributed by atoms with Gasteiger partial charge in [0.15, 0.2) is 0 Å². The van der Waals surface area contributed by atoms with Gasteiger partial charge in [0.2, 0.25) is 0 Å². The van der Waals surface area contributed by atoms with Gasteiger partial charge in [-0.3, -0.25) is 4.90 Å². The third kappa shape index (κ3) is 3.37. The van der Waals surface area contributed by atoms with E-state index in [1.807, 2.05) is 6.92 Å². The standard InChI is InChI=1S/C14H26N4O2/c1-5-6-18-11(2)15-16-14(18)9-17-8-13(20-4)7-12(17)10-19-3/h12-13H,5-10H2,1-4H3/t12-,13-/m0/s1. The topological polar surface area (TPSA) is 52.4 Å². The van der Waals surface area contributed by atoms with Gasteiger partial charge in [-0.15, -0.1) is 10.2 Å². The highest BCUT2D eigenvalue weighted by atomic mass is 16.5. The Labute approximate surface area is 121 Å². The second kappa shape index (κ2) is 7.15. The molecule has 2 atom stereocenters. The monoisotopic (exact) mass is 282 g/mol. The van der Waals surface area contributed by atoms with Crippen LogP contribution in [-0.2, 0) is 22.6 Å². The van der Waals surface area contributed by atoms with Gasteiger partial charge in [-0.25, -0.2) is 0 Å². The molecular formula is C14H26N4O2. The maximum Gasteiger partial charge on any atom is 0.147 e. The Hall–Kier alpha value is -0.980. The second-order valence-corrected chi connectivity index (χ2v) is 5.45. The van der Waals surface area contributed by atoms with Crippen molar-refractivity contribution in [3.8, 4) is 0 Å². The van der Waals surface area contributed by atoms with Crippen molar-refractivity contribution in [2.75, 3.05) is 27.4 Å². The molecule has 0 spiro atoms. The molecular weight excluding hydrogens is 256 g/mol. The third-order valence-electron chi connectivity index (χ3n) is 3.99. The number of aryl methyl sites for hydroxylation is 1. The number of aromatic nitrogens is 3. The zero-order valence-corrected chi connectivity index (χ0v) is 13.0. The van der Waals surface area contributed by atoms with Crippen molar-refractivity contribution in [2.45, 2.75) is 51.9 Å². The second-order valence-electron chi connectivity index (χ2n) is 5.45. The van der Waals surface area contributed by atoms with Gasteiger partial charge >= 0.3 is 0 Å². The quantitative estimate of drug-likeness (QED) is 0.753. The van der Waals surface area contributed by atoms with Crippen molar-refractivity contribution >= 4 is 0 Å². The number of hydrogen-bond acceptors (Lipinski definition) is 5. The summed E-state index contributed by atoms with van der Waals surface area (Å²) in [5.41, 5.74) is 0. The molecule has 1 fully saturated rings. The first-order chi connectivity index (χ1) is 9.69. The molecule has 0 radical (unpaired) electrons. The van der Waals surface area contributed by atoms with Gasteiger partial charge in [0, 0.05) is 33.4 Å². The molecule has 6 nitrogen and oxygen atoms in total. The molecule has 1 aliphatic heterocycles. The van der Waals surface area contributed by atoms with E-state index >= 15 is 0 Å². The maximum atomic E-state index is 5.50. The van der Waals surface area contributed by atoms with Gasteiger partial charge in [-0.05, 0) is 19.8 Å². The van der Waals surface area contributed by atoms with Gasteiger partial charge in [0.05, 0.1) is 19.3 Å². The Balaban J connectivity index is 2.07. The average molecular weight is 282 g/mol. The van der Waals surface area contributed by atoms with E-state index in [1.165, 1.54) is 0 Å². The highest BCUT2D eigenvalue weighted by molar-refractivity contribution is 4.97. The van der Waals surface area contributed by atoms with E-state index in [0.717, 1.165) is 50.7 Å².